The van der Waals surface area contributed by atoms with E-state index >= 15 is 0 Å². The quantitative estimate of drug-likeness (QED) is 0.401. The standard InChI is InChI=1S/C13H15N3O4S/c1-14-13(17)16(20,11-6-7-12(21)8-11)10-4-2-9(3-5-10)15(18)19/h2-5,11H,6-8H2,1H3,(H,14,17)/t11-,16-/m0/s1. The SMILES string of the molecule is CNC(=O)[N@+]([O-])(c1ccc([N+](=O)[O-])cc1)[C@H]1CCC(=S)C1. The third-order valence-corrected chi connectivity index (χ3v) is 4.06. The van der Waals surface area contributed by atoms with Gasteiger partial charge in [-0.2, -0.15) is 0 Å². The minimum absolute atomic E-state index is 0.121. The number of urea groups is 1. The van der Waals surface area contributed by atoms with E-state index in [9.17, 15) is 20.1 Å². The monoisotopic (exact) mass is 309 g/mol. The Morgan fingerprint density at radius 1 is 1.43 bits per heavy atom. The van der Waals surface area contributed by atoms with Crippen LogP contribution < -0.4 is 9.96 Å². The van der Waals surface area contributed by atoms with Gasteiger partial charge in [0.05, 0.1) is 4.92 Å². The molecule has 2 rings (SSSR count). The highest BCUT2D eigenvalue weighted by Crippen LogP contribution is 2.34. The number of rotatable bonds is 3. The van der Waals surface area contributed by atoms with Crippen LogP contribution in [0.1, 0.15) is 19.3 Å². The number of carbonyl (C=O) groups is 1. The summed E-state index contributed by atoms with van der Waals surface area (Å²) >= 11 is 5.12. The summed E-state index contributed by atoms with van der Waals surface area (Å²) in [5.74, 6) is 0. The van der Waals surface area contributed by atoms with Gasteiger partial charge in [-0.1, -0.05) is 12.2 Å². The van der Waals surface area contributed by atoms with Crippen LogP contribution in [0.25, 0.3) is 0 Å². The van der Waals surface area contributed by atoms with E-state index in [0.29, 0.717) is 19.3 Å². The third kappa shape index (κ3) is 2.78. The maximum Gasteiger partial charge on any atom is 0.421 e. The normalized spacial score (nSPS) is 20.9. The molecule has 1 aromatic carbocycles. The van der Waals surface area contributed by atoms with Crippen LogP contribution in [0.15, 0.2) is 24.3 Å². The van der Waals surface area contributed by atoms with Crippen molar-refractivity contribution in [2.75, 3.05) is 7.05 Å². The second-order valence-corrected chi connectivity index (χ2v) is 5.50. The predicted octanol–water partition coefficient (Wildman–Crippen LogP) is 2.66. The first-order valence-electron chi connectivity index (χ1n) is 6.48. The van der Waals surface area contributed by atoms with Gasteiger partial charge < -0.3 is 10.5 Å². The Bertz CT molecular complexity index is 590. The van der Waals surface area contributed by atoms with E-state index < -0.39 is 21.6 Å². The van der Waals surface area contributed by atoms with Gasteiger partial charge in [0.1, 0.15) is 11.7 Å². The summed E-state index contributed by atoms with van der Waals surface area (Å²) in [6, 6.07) is 3.95. The summed E-state index contributed by atoms with van der Waals surface area (Å²) in [5, 5.41) is 26.2. The minimum atomic E-state index is -1.19. The molecule has 0 unspecified atom stereocenters. The van der Waals surface area contributed by atoms with E-state index in [0.717, 1.165) is 4.86 Å². The molecule has 1 N–H and O–H groups in total. The Morgan fingerprint density at radius 2 is 2.05 bits per heavy atom. The van der Waals surface area contributed by atoms with Gasteiger partial charge in [-0.3, -0.25) is 10.1 Å². The zero-order valence-corrected chi connectivity index (χ0v) is 12.3. The summed E-state index contributed by atoms with van der Waals surface area (Å²) in [5.41, 5.74) is 0.0544. The number of hydroxylamine groups is 2. The molecule has 2 amide bonds. The molecule has 112 valence electrons. The van der Waals surface area contributed by atoms with Crippen molar-refractivity contribution in [3.63, 3.8) is 0 Å². The van der Waals surface area contributed by atoms with Crippen LogP contribution in [0.2, 0.25) is 0 Å². The number of benzene rings is 1. The van der Waals surface area contributed by atoms with Crippen LogP contribution in [0, 0.1) is 15.3 Å². The summed E-state index contributed by atoms with van der Waals surface area (Å²) in [4.78, 5) is 23.0. The van der Waals surface area contributed by atoms with Gasteiger partial charge in [0.15, 0.2) is 0 Å². The van der Waals surface area contributed by atoms with Crippen LogP contribution in [-0.2, 0) is 0 Å². The van der Waals surface area contributed by atoms with Crippen molar-refractivity contribution in [2.45, 2.75) is 25.3 Å². The number of nitro benzene ring substituents is 1. The summed E-state index contributed by atoms with van der Waals surface area (Å²) in [6.45, 7) is 0. The van der Waals surface area contributed by atoms with Gasteiger partial charge in [0.25, 0.3) is 5.69 Å². The second-order valence-electron chi connectivity index (χ2n) is 4.92. The Kier molecular flexibility index (Phi) is 4.31. The van der Waals surface area contributed by atoms with Crippen molar-refractivity contribution in [3.05, 3.63) is 39.6 Å². The number of nitrogens with one attached hydrogen (secondary N) is 1. The average molecular weight is 309 g/mol. The minimum Gasteiger partial charge on any atom is -0.618 e. The van der Waals surface area contributed by atoms with Crippen molar-refractivity contribution >= 4 is 34.5 Å². The lowest BCUT2D eigenvalue weighted by Crippen LogP contribution is -2.59. The Hall–Kier alpha value is -1.90. The number of nitrogens with zero attached hydrogens (tertiary/aromatic N) is 2. The molecule has 1 aromatic rings. The molecule has 0 aromatic heterocycles. The molecule has 0 radical (unpaired) electrons. The lowest BCUT2D eigenvalue weighted by atomic mass is 10.1. The smallest absolute Gasteiger partial charge is 0.421 e. The highest BCUT2D eigenvalue weighted by atomic mass is 32.1. The molecule has 0 heterocycles. The predicted molar refractivity (Wildman–Crippen MR) is 83.0 cm³/mol. The number of amides is 2. The molecule has 0 spiro atoms. The first-order chi connectivity index (χ1) is 9.89. The maximum absolute atomic E-state index is 13.2. The summed E-state index contributed by atoms with van der Waals surface area (Å²) in [7, 11) is 1.39. The molecule has 1 saturated carbocycles. The first-order valence-corrected chi connectivity index (χ1v) is 6.89. The van der Waals surface area contributed by atoms with E-state index in [4.69, 9.17) is 12.2 Å². The van der Waals surface area contributed by atoms with Crippen LogP contribution in [0.3, 0.4) is 0 Å². The summed E-state index contributed by atoms with van der Waals surface area (Å²) < 4.78 is -1.19. The van der Waals surface area contributed by atoms with Gasteiger partial charge in [0, 0.05) is 44.2 Å². The van der Waals surface area contributed by atoms with Crippen LogP contribution in [0.5, 0.6) is 0 Å². The maximum atomic E-state index is 13.2. The highest BCUT2D eigenvalue weighted by molar-refractivity contribution is 7.80. The van der Waals surface area contributed by atoms with Crippen LogP contribution in [-0.4, -0.2) is 28.9 Å². The first kappa shape index (κ1) is 15.5. The molecule has 0 bridgehead atoms. The number of quaternary nitrogens is 1. The molecule has 21 heavy (non-hydrogen) atoms. The molecule has 1 fully saturated rings. The van der Waals surface area contributed by atoms with E-state index in [-0.39, 0.29) is 11.4 Å². The molecule has 7 nitrogen and oxygen atoms in total. The topological polar surface area (TPSA) is 95.3 Å². The van der Waals surface area contributed by atoms with E-state index in [1.165, 1.54) is 31.3 Å². The second kappa shape index (κ2) is 5.84. The zero-order valence-electron chi connectivity index (χ0n) is 11.4. The fourth-order valence-electron chi connectivity index (χ4n) is 2.56. The molecular formula is C13H15N3O4S. The van der Waals surface area contributed by atoms with E-state index in [2.05, 4.69) is 5.32 Å². The van der Waals surface area contributed by atoms with E-state index in [1.807, 2.05) is 0 Å². The van der Waals surface area contributed by atoms with Gasteiger partial charge in [-0.25, -0.2) is 9.44 Å². The number of carbonyl (C=O) groups excluding carboxylic acids is 1. The Morgan fingerprint density at radius 3 is 2.48 bits per heavy atom. The average Bonchev–Trinajstić information content (AvgIpc) is 2.92. The van der Waals surface area contributed by atoms with Crippen LogP contribution >= 0.6 is 12.2 Å². The number of thiocarbonyl (C=S) groups is 1. The van der Waals surface area contributed by atoms with Gasteiger partial charge >= 0.3 is 6.03 Å². The van der Waals surface area contributed by atoms with Crippen molar-refractivity contribution in [1.29, 1.82) is 0 Å². The van der Waals surface area contributed by atoms with Crippen LogP contribution in [0.4, 0.5) is 16.2 Å². The lowest BCUT2D eigenvalue weighted by Gasteiger charge is -2.43. The van der Waals surface area contributed by atoms with E-state index in [1.54, 1.807) is 0 Å². The largest absolute Gasteiger partial charge is 0.618 e. The van der Waals surface area contributed by atoms with Crippen molar-refractivity contribution in [1.82, 2.24) is 9.96 Å². The number of non-ortho nitro benzene ring substituents is 1. The number of hydrogen-bond acceptors (Lipinski definition) is 5. The van der Waals surface area contributed by atoms with Crippen molar-refractivity contribution < 1.29 is 9.72 Å². The lowest BCUT2D eigenvalue weighted by molar-refractivity contribution is -0.384. The van der Waals surface area contributed by atoms with Crippen molar-refractivity contribution in [3.8, 4) is 0 Å². The Labute approximate surface area is 126 Å². The molecule has 8 heteroatoms. The molecule has 1 aliphatic rings. The van der Waals surface area contributed by atoms with Gasteiger partial charge in [0.2, 0.25) is 0 Å². The highest BCUT2D eigenvalue weighted by Gasteiger charge is 2.41. The fourth-order valence-corrected chi connectivity index (χ4v) is 2.87. The summed E-state index contributed by atoms with van der Waals surface area (Å²) in [6.07, 6.45) is 1.59. The molecule has 0 saturated heterocycles. The third-order valence-electron chi connectivity index (χ3n) is 3.69. The molecular weight excluding hydrogens is 294 g/mol. The molecule has 1 aliphatic carbocycles. The number of nitro groups is 1. The van der Waals surface area contributed by atoms with Gasteiger partial charge in [-0.05, 0) is 11.3 Å². The Balaban J connectivity index is 2.42. The molecule has 0 aliphatic heterocycles. The zero-order chi connectivity index (χ0) is 15.6. The fraction of sp³-hybridized carbons (Fsp3) is 0.385. The van der Waals surface area contributed by atoms with Crippen molar-refractivity contribution in [2.24, 2.45) is 0 Å². The number of hydrogen-bond donors (Lipinski definition) is 1. The molecule has 2 atom stereocenters. The van der Waals surface area contributed by atoms with Gasteiger partial charge in [-0.15, -0.1) is 0 Å².